The van der Waals surface area contributed by atoms with E-state index in [4.69, 9.17) is 0 Å². The van der Waals surface area contributed by atoms with E-state index >= 15 is 0 Å². The van der Waals surface area contributed by atoms with Crippen molar-refractivity contribution >= 4 is 11.8 Å². The van der Waals surface area contributed by atoms with Crippen molar-refractivity contribution in [3.8, 4) is 0 Å². The molecule has 1 aliphatic rings. The minimum atomic E-state index is -0.388. The summed E-state index contributed by atoms with van der Waals surface area (Å²) in [7, 11) is 3.19. The number of likely N-dealkylation sites (tertiary alicyclic amines) is 1. The standard InChI is InChI=1S/C9H15NO3/c1-6-4-7(11)5-8(10(6)2)9(12)13-3/h6,8H,4-5H2,1-3H3/t6?,8-/m0/s1. The molecule has 1 saturated heterocycles. The van der Waals surface area contributed by atoms with Crippen LogP contribution in [0.3, 0.4) is 0 Å². The van der Waals surface area contributed by atoms with E-state index < -0.39 is 0 Å². The van der Waals surface area contributed by atoms with Crippen molar-refractivity contribution in [1.82, 2.24) is 4.90 Å². The fraction of sp³-hybridized carbons (Fsp3) is 0.778. The van der Waals surface area contributed by atoms with Gasteiger partial charge in [0, 0.05) is 18.9 Å². The number of hydrogen-bond acceptors (Lipinski definition) is 4. The molecule has 13 heavy (non-hydrogen) atoms. The fourth-order valence-corrected chi connectivity index (χ4v) is 1.61. The first-order valence-corrected chi connectivity index (χ1v) is 4.37. The van der Waals surface area contributed by atoms with Crippen LogP contribution < -0.4 is 0 Å². The summed E-state index contributed by atoms with van der Waals surface area (Å²) < 4.78 is 4.62. The highest BCUT2D eigenvalue weighted by atomic mass is 16.5. The van der Waals surface area contributed by atoms with Gasteiger partial charge in [0.2, 0.25) is 0 Å². The molecule has 0 amide bonds. The SMILES string of the molecule is COC(=O)[C@@H]1CC(=O)CC(C)N1C. The van der Waals surface area contributed by atoms with Crippen LogP contribution in [0.15, 0.2) is 0 Å². The lowest BCUT2D eigenvalue weighted by atomic mass is 9.96. The third-order valence-electron chi connectivity index (χ3n) is 2.60. The summed E-state index contributed by atoms with van der Waals surface area (Å²) >= 11 is 0. The van der Waals surface area contributed by atoms with Crippen molar-refractivity contribution in [2.45, 2.75) is 31.8 Å². The molecule has 0 spiro atoms. The van der Waals surface area contributed by atoms with E-state index in [9.17, 15) is 9.59 Å². The molecular formula is C9H15NO3. The molecule has 74 valence electrons. The topological polar surface area (TPSA) is 46.6 Å². The van der Waals surface area contributed by atoms with Crippen molar-refractivity contribution in [3.63, 3.8) is 0 Å². The molecule has 0 radical (unpaired) electrons. The number of carbonyl (C=O) groups excluding carboxylic acids is 2. The quantitative estimate of drug-likeness (QED) is 0.548. The normalized spacial score (nSPS) is 30.2. The summed E-state index contributed by atoms with van der Waals surface area (Å²) in [5.74, 6) is -0.177. The van der Waals surface area contributed by atoms with Crippen molar-refractivity contribution in [3.05, 3.63) is 0 Å². The maximum Gasteiger partial charge on any atom is 0.323 e. The highest BCUT2D eigenvalue weighted by molar-refractivity contribution is 5.88. The molecule has 1 fully saturated rings. The Labute approximate surface area is 77.8 Å². The Kier molecular flexibility index (Phi) is 3.03. The molecule has 2 atom stereocenters. The van der Waals surface area contributed by atoms with Crippen LogP contribution in [0.5, 0.6) is 0 Å². The summed E-state index contributed by atoms with van der Waals surface area (Å²) in [5.41, 5.74) is 0. The maximum absolute atomic E-state index is 11.3. The van der Waals surface area contributed by atoms with Crippen molar-refractivity contribution in [2.24, 2.45) is 0 Å². The van der Waals surface area contributed by atoms with Crippen LogP contribution in [0.2, 0.25) is 0 Å². The number of rotatable bonds is 1. The third kappa shape index (κ3) is 2.06. The molecule has 0 N–H and O–H groups in total. The predicted octanol–water partition coefficient (Wildman–Crippen LogP) is 0.211. The van der Waals surface area contributed by atoms with E-state index in [1.165, 1.54) is 7.11 Å². The van der Waals surface area contributed by atoms with Gasteiger partial charge in [0.1, 0.15) is 11.8 Å². The second kappa shape index (κ2) is 3.87. The van der Waals surface area contributed by atoms with Gasteiger partial charge in [0.05, 0.1) is 7.11 Å². The van der Waals surface area contributed by atoms with Gasteiger partial charge in [0.25, 0.3) is 0 Å². The first-order chi connectivity index (χ1) is 6.06. The lowest BCUT2D eigenvalue weighted by Gasteiger charge is -2.34. The van der Waals surface area contributed by atoms with Crippen LogP contribution in [0.4, 0.5) is 0 Å². The summed E-state index contributed by atoms with van der Waals surface area (Å²) in [6.07, 6.45) is 0.817. The van der Waals surface area contributed by atoms with E-state index in [-0.39, 0.29) is 30.3 Å². The Hall–Kier alpha value is -0.900. The van der Waals surface area contributed by atoms with E-state index in [0.29, 0.717) is 6.42 Å². The summed E-state index contributed by atoms with van der Waals surface area (Å²) in [5, 5.41) is 0. The van der Waals surface area contributed by atoms with E-state index in [1.807, 2.05) is 18.9 Å². The summed E-state index contributed by atoms with van der Waals surface area (Å²) in [6.45, 7) is 1.94. The average Bonchev–Trinajstić information content (AvgIpc) is 2.10. The zero-order valence-electron chi connectivity index (χ0n) is 8.24. The van der Waals surface area contributed by atoms with Crippen molar-refractivity contribution in [1.29, 1.82) is 0 Å². The number of hydrogen-bond donors (Lipinski definition) is 0. The fourth-order valence-electron chi connectivity index (χ4n) is 1.61. The first-order valence-electron chi connectivity index (χ1n) is 4.37. The van der Waals surface area contributed by atoms with Gasteiger partial charge in [0.15, 0.2) is 0 Å². The molecule has 1 aliphatic heterocycles. The van der Waals surface area contributed by atoms with Gasteiger partial charge >= 0.3 is 5.97 Å². The maximum atomic E-state index is 11.3. The van der Waals surface area contributed by atoms with E-state index in [0.717, 1.165) is 0 Å². The number of ketones is 1. The van der Waals surface area contributed by atoms with Crippen LogP contribution in [0.1, 0.15) is 19.8 Å². The third-order valence-corrected chi connectivity index (χ3v) is 2.60. The summed E-state index contributed by atoms with van der Waals surface area (Å²) in [4.78, 5) is 24.4. The Balaban J connectivity index is 2.71. The number of methoxy groups -OCH3 is 1. The largest absolute Gasteiger partial charge is 0.468 e. The first kappa shape index (κ1) is 10.2. The van der Waals surface area contributed by atoms with Crippen LogP contribution in [-0.4, -0.2) is 42.9 Å². The molecule has 1 rings (SSSR count). The smallest absolute Gasteiger partial charge is 0.323 e. The van der Waals surface area contributed by atoms with Gasteiger partial charge in [-0.05, 0) is 14.0 Å². The number of likely N-dealkylation sites (N-methyl/N-ethyl adjacent to an activating group) is 1. The number of piperidine rings is 1. The molecule has 0 aromatic carbocycles. The van der Waals surface area contributed by atoms with Crippen LogP contribution in [0.25, 0.3) is 0 Å². The lowest BCUT2D eigenvalue weighted by molar-refractivity contribution is -0.151. The zero-order chi connectivity index (χ0) is 10.0. The number of nitrogens with zero attached hydrogens (tertiary/aromatic N) is 1. The second-order valence-electron chi connectivity index (χ2n) is 3.50. The van der Waals surface area contributed by atoms with E-state index in [1.54, 1.807) is 0 Å². The van der Waals surface area contributed by atoms with Crippen LogP contribution >= 0.6 is 0 Å². The highest BCUT2D eigenvalue weighted by Gasteiger charge is 2.34. The van der Waals surface area contributed by atoms with Crippen molar-refractivity contribution in [2.75, 3.05) is 14.2 Å². The van der Waals surface area contributed by atoms with Crippen LogP contribution in [-0.2, 0) is 14.3 Å². The molecule has 0 aliphatic carbocycles. The number of esters is 1. The highest BCUT2D eigenvalue weighted by Crippen LogP contribution is 2.18. The number of carbonyl (C=O) groups is 2. The molecule has 0 saturated carbocycles. The molecule has 4 heteroatoms. The molecule has 1 heterocycles. The van der Waals surface area contributed by atoms with Gasteiger partial charge in [-0.2, -0.15) is 0 Å². The number of ether oxygens (including phenoxy) is 1. The molecule has 4 nitrogen and oxygen atoms in total. The Morgan fingerprint density at radius 3 is 2.69 bits per heavy atom. The van der Waals surface area contributed by atoms with Gasteiger partial charge in [-0.1, -0.05) is 0 Å². The second-order valence-corrected chi connectivity index (χ2v) is 3.50. The molecule has 0 aromatic heterocycles. The van der Waals surface area contributed by atoms with Crippen molar-refractivity contribution < 1.29 is 14.3 Å². The number of Topliss-reactive ketones (excluding diaryl/α,β-unsaturated/α-hetero) is 1. The molecule has 0 bridgehead atoms. The molecular weight excluding hydrogens is 170 g/mol. The zero-order valence-corrected chi connectivity index (χ0v) is 8.24. The predicted molar refractivity (Wildman–Crippen MR) is 47.3 cm³/mol. The Morgan fingerprint density at radius 2 is 2.15 bits per heavy atom. The van der Waals surface area contributed by atoms with Gasteiger partial charge in [-0.25, -0.2) is 0 Å². The Bertz CT molecular complexity index is 227. The lowest BCUT2D eigenvalue weighted by Crippen LogP contribution is -2.50. The molecule has 1 unspecified atom stereocenters. The minimum Gasteiger partial charge on any atom is -0.468 e. The van der Waals surface area contributed by atoms with Gasteiger partial charge in [-0.15, -0.1) is 0 Å². The van der Waals surface area contributed by atoms with Gasteiger partial charge in [-0.3, -0.25) is 14.5 Å². The summed E-state index contributed by atoms with van der Waals surface area (Å²) in [6, 6.07) is -0.258. The Morgan fingerprint density at radius 1 is 1.54 bits per heavy atom. The van der Waals surface area contributed by atoms with Crippen LogP contribution in [0, 0.1) is 0 Å². The average molecular weight is 185 g/mol. The van der Waals surface area contributed by atoms with E-state index in [2.05, 4.69) is 4.74 Å². The minimum absolute atomic E-state index is 0.130. The van der Waals surface area contributed by atoms with Gasteiger partial charge < -0.3 is 4.74 Å². The molecule has 0 aromatic rings. The monoisotopic (exact) mass is 185 g/mol.